The zero-order valence-electron chi connectivity index (χ0n) is 3.16. The molecule has 1 radical (unpaired) electrons. The second-order valence-electron chi connectivity index (χ2n) is 0.289. The van der Waals surface area contributed by atoms with Gasteiger partial charge in [-0.15, -0.1) is 0 Å². The maximum Gasteiger partial charge on any atom is 3.00 e. The van der Waals surface area contributed by atoms with Crippen molar-refractivity contribution < 1.29 is 84.6 Å². The molecule has 3 nitrogen and oxygen atoms in total. The third kappa shape index (κ3) is 33.8. The molecule has 0 unspecified atom stereocenters. The van der Waals surface area contributed by atoms with Gasteiger partial charge in [0.25, 0.3) is 0 Å². The Bertz CT molecular complexity index is 15.5. The second-order valence-corrected chi connectivity index (χ2v) is 0.289. The van der Waals surface area contributed by atoms with E-state index in [1.807, 2.05) is 0 Å². The fraction of sp³-hybridized carbons (Fsp3) is 0. The minimum atomic E-state index is -2.92. The van der Waals surface area contributed by atoms with Crippen LogP contribution in [0.1, 0.15) is 0 Å². The Balaban J connectivity index is -0.0000000450. The van der Waals surface area contributed by atoms with Gasteiger partial charge < -0.3 is 15.1 Å². The van der Waals surface area contributed by atoms with E-state index >= 15 is 0 Å². The summed E-state index contributed by atoms with van der Waals surface area (Å²) in [6, 6.07) is 0. The van der Waals surface area contributed by atoms with E-state index in [9.17, 15) is 0 Å². The molecule has 0 amide bonds. The minimum Gasteiger partial charge on any atom is -0.907 e. The minimum absolute atomic E-state index is 0. The molecule has 0 saturated heterocycles. The van der Waals surface area contributed by atoms with E-state index < -0.39 is 7.32 Å². The molecule has 0 spiro atoms. The molecule has 6 heteroatoms. The van der Waals surface area contributed by atoms with Crippen LogP contribution in [0.4, 0.5) is 0 Å². The molecule has 0 atom stereocenters. The molecule has 0 aromatic rings. The van der Waals surface area contributed by atoms with E-state index in [1.165, 1.54) is 0 Å². The van der Waals surface area contributed by atoms with Gasteiger partial charge in [0.1, 0.15) is 0 Å². The van der Waals surface area contributed by atoms with E-state index in [2.05, 4.69) is 0 Å². The van der Waals surface area contributed by atoms with Crippen molar-refractivity contribution in [3.8, 4) is 0 Å². The van der Waals surface area contributed by atoms with Crippen molar-refractivity contribution in [1.82, 2.24) is 0 Å². The zero-order valence-corrected chi connectivity index (χ0v) is 7.42. The predicted octanol–water partition coefficient (Wildman–Crippen LogP) is -6.94. The quantitative estimate of drug-likeness (QED) is 0.394. The van der Waals surface area contributed by atoms with Crippen molar-refractivity contribution in [2.24, 2.45) is 0 Å². The zero-order chi connectivity index (χ0) is 3.58. The van der Waals surface area contributed by atoms with E-state index in [0.29, 0.717) is 0 Å². The molecular formula is BGdNaO3+. The van der Waals surface area contributed by atoms with Gasteiger partial charge in [0.15, 0.2) is 0 Å². The van der Waals surface area contributed by atoms with Crippen LogP contribution in [0, 0.1) is 39.9 Å². The van der Waals surface area contributed by atoms with Crippen molar-refractivity contribution in [1.29, 1.82) is 0 Å². The summed E-state index contributed by atoms with van der Waals surface area (Å²) in [4.78, 5) is 0. The molecular weight excluding hydrogens is 239 g/mol. The molecule has 0 aromatic carbocycles. The summed E-state index contributed by atoms with van der Waals surface area (Å²) in [6.07, 6.45) is 0. The number of rotatable bonds is 0. The molecule has 0 aliphatic carbocycles. The fourth-order valence-electron chi connectivity index (χ4n) is 0. The molecule has 0 aliphatic rings. The maximum atomic E-state index is 8.42. The van der Waals surface area contributed by atoms with E-state index in [4.69, 9.17) is 15.1 Å². The van der Waals surface area contributed by atoms with Crippen molar-refractivity contribution in [2.45, 2.75) is 0 Å². The molecule has 29 valence electrons. The van der Waals surface area contributed by atoms with Gasteiger partial charge in [-0.05, 0) is 0 Å². The largest absolute Gasteiger partial charge is 3.00 e. The van der Waals surface area contributed by atoms with Gasteiger partial charge in [0, 0.05) is 0 Å². The van der Waals surface area contributed by atoms with Crippen LogP contribution in [0.15, 0.2) is 0 Å². The first-order valence-electron chi connectivity index (χ1n) is 0.707. The Labute approximate surface area is 90.3 Å². The van der Waals surface area contributed by atoms with Gasteiger partial charge in [-0.2, -0.15) is 0 Å². The van der Waals surface area contributed by atoms with Crippen LogP contribution in [0.5, 0.6) is 0 Å². The second kappa shape index (κ2) is 10.3. The van der Waals surface area contributed by atoms with Crippen LogP contribution in [-0.2, 0) is 0 Å². The Morgan fingerprint density at radius 1 is 1.00 bits per heavy atom. The van der Waals surface area contributed by atoms with Crippen LogP contribution < -0.4 is 44.6 Å². The first-order chi connectivity index (χ1) is 1.73. The van der Waals surface area contributed by atoms with Crippen LogP contribution in [0.2, 0.25) is 0 Å². The van der Waals surface area contributed by atoms with Gasteiger partial charge >= 0.3 is 69.5 Å². The summed E-state index contributed by atoms with van der Waals surface area (Å²) in [5.74, 6) is 0. The van der Waals surface area contributed by atoms with Crippen molar-refractivity contribution >= 4 is 7.32 Å². The smallest absolute Gasteiger partial charge is 0.907 e. The average molecular weight is 239 g/mol. The monoisotopic (exact) mass is 240 g/mol. The van der Waals surface area contributed by atoms with Crippen molar-refractivity contribution in [3.63, 3.8) is 0 Å². The maximum absolute atomic E-state index is 8.42. The van der Waals surface area contributed by atoms with E-state index in [-0.39, 0.29) is 69.5 Å². The van der Waals surface area contributed by atoms with Gasteiger partial charge in [-0.25, -0.2) is 0 Å². The summed E-state index contributed by atoms with van der Waals surface area (Å²) < 4.78 is 0. The van der Waals surface area contributed by atoms with E-state index in [1.54, 1.807) is 0 Å². The van der Waals surface area contributed by atoms with Crippen molar-refractivity contribution in [2.75, 3.05) is 0 Å². The summed E-state index contributed by atoms with van der Waals surface area (Å²) in [7, 11) is -2.92. The van der Waals surface area contributed by atoms with Gasteiger partial charge in [-0.3, -0.25) is 7.32 Å². The Kier molecular flexibility index (Phi) is 27.0. The standard InChI is InChI=1S/BO3.Gd.Na/c2-1(3)4;;/q-3;+3;+1. The fourth-order valence-corrected chi connectivity index (χ4v) is 0. The first kappa shape index (κ1) is 15.7. The normalized spacial score (nSPS) is 4.50. The van der Waals surface area contributed by atoms with Crippen LogP contribution in [0.3, 0.4) is 0 Å². The molecule has 0 aromatic heterocycles. The Hall–Kier alpha value is 2.27. The molecule has 0 rings (SSSR count). The Morgan fingerprint density at radius 2 is 1.00 bits per heavy atom. The first-order valence-corrected chi connectivity index (χ1v) is 0.707. The van der Waals surface area contributed by atoms with Gasteiger partial charge in [0.05, 0.1) is 0 Å². The van der Waals surface area contributed by atoms with Crippen molar-refractivity contribution in [3.05, 3.63) is 0 Å². The molecule has 0 saturated carbocycles. The van der Waals surface area contributed by atoms with Crippen LogP contribution >= 0.6 is 0 Å². The van der Waals surface area contributed by atoms with Gasteiger partial charge in [0.2, 0.25) is 0 Å². The average Bonchev–Trinajstić information content (AvgIpc) is 0.811. The molecule has 0 N–H and O–H groups in total. The molecule has 0 aliphatic heterocycles. The Morgan fingerprint density at radius 3 is 1.00 bits per heavy atom. The number of hydrogen-bond acceptors (Lipinski definition) is 3. The van der Waals surface area contributed by atoms with Gasteiger partial charge in [-0.1, -0.05) is 0 Å². The molecule has 0 heterocycles. The summed E-state index contributed by atoms with van der Waals surface area (Å²) in [5, 5.41) is 25.2. The van der Waals surface area contributed by atoms with Crippen LogP contribution in [0.25, 0.3) is 0 Å². The molecule has 0 fully saturated rings. The number of hydrogen-bond donors (Lipinski definition) is 0. The summed E-state index contributed by atoms with van der Waals surface area (Å²) >= 11 is 0. The summed E-state index contributed by atoms with van der Waals surface area (Å²) in [6.45, 7) is 0. The predicted molar refractivity (Wildman–Crippen MR) is 5.75 cm³/mol. The third-order valence-electron chi connectivity index (χ3n) is 0. The van der Waals surface area contributed by atoms with E-state index in [0.717, 1.165) is 0 Å². The third-order valence-corrected chi connectivity index (χ3v) is 0. The molecule has 0 bridgehead atoms. The topological polar surface area (TPSA) is 69.2 Å². The SMILES string of the molecule is [Gd+3].[Na+].[O-]B([O-])[O-]. The molecule has 6 heavy (non-hydrogen) atoms. The van der Waals surface area contributed by atoms with Crippen LogP contribution in [-0.4, -0.2) is 7.32 Å². The summed E-state index contributed by atoms with van der Waals surface area (Å²) in [5.41, 5.74) is 0.